The maximum absolute atomic E-state index is 14.4. The van der Waals surface area contributed by atoms with E-state index >= 15 is 0 Å². The Morgan fingerprint density at radius 1 is 0.815 bits per heavy atom. The van der Waals surface area contributed by atoms with Crippen LogP contribution in [-0.2, 0) is 27.8 Å². The minimum Gasteiger partial charge on any atom is -0.495 e. The fourth-order valence-corrected chi connectivity index (χ4v) is 8.05. The van der Waals surface area contributed by atoms with Gasteiger partial charge in [-0.15, -0.1) is 11.3 Å². The first-order valence-corrected chi connectivity index (χ1v) is 17.6. The first-order chi connectivity index (χ1) is 25.1. The van der Waals surface area contributed by atoms with E-state index in [4.69, 9.17) is 9.84 Å². The number of ether oxygens (including phenoxy) is 1. The Labute approximate surface area is 302 Å². The minimum absolute atomic E-state index is 0.0321. The fraction of sp³-hybridized carbons (Fsp3) is 0.200. The summed E-state index contributed by atoms with van der Waals surface area (Å²) in [6.45, 7) is 0. The highest BCUT2D eigenvalue weighted by Gasteiger charge is 2.64. The molecule has 1 fully saturated rings. The van der Waals surface area contributed by atoms with Crippen LogP contribution < -0.4 is 9.46 Å². The Morgan fingerprint density at radius 2 is 1.37 bits per heavy atom. The van der Waals surface area contributed by atoms with Gasteiger partial charge in [-0.05, 0) is 58.9 Å². The van der Waals surface area contributed by atoms with Crippen molar-refractivity contribution in [2.75, 3.05) is 11.8 Å². The van der Waals surface area contributed by atoms with E-state index in [1.54, 1.807) is 0 Å². The summed E-state index contributed by atoms with van der Waals surface area (Å²) in [6.07, 6.45) is -15.0. The van der Waals surface area contributed by atoms with Crippen molar-refractivity contribution in [1.29, 1.82) is 0 Å². The summed E-state index contributed by atoms with van der Waals surface area (Å²) in [5, 5.41) is 8.65. The van der Waals surface area contributed by atoms with Gasteiger partial charge in [-0.2, -0.15) is 47.9 Å². The van der Waals surface area contributed by atoms with Gasteiger partial charge in [0.1, 0.15) is 16.6 Å². The van der Waals surface area contributed by atoms with E-state index in [2.05, 4.69) is 4.98 Å². The topological polar surface area (TPSA) is 106 Å². The highest BCUT2D eigenvalue weighted by molar-refractivity contribution is 7.92. The van der Waals surface area contributed by atoms with Crippen molar-refractivity contribution in [3.8, 4) is 38.6 Å². The second-order valence-corrected chi connectivity index (χ2v) is 14.6. The van der Waals surface area contributed by atoms with Gasteiger partial charge in [0.25, 0.3) is 10.0 Å². The molecule has 5 aromatic rings. The molecular formula is C35H22F10N2O5S2. The van der Waals surface area contributed by atoms with Crippen LogP contribution in [-0.4, -0.2) is 37.8 Å². The number of benzene rings is 4. The van der Waals surface area contributed by atoms with E-state index in [1.165, 1.54) is 30.3 Å². The molecule has 0 atom stereocenters. The van der Waals surface area contributed by atoms with Gasteiger partial charge in [0.2, 0.25) is 0 Å². The molecule has 284 valence electrons. The summed E-state index contributed by atoms with van der Waals surface area (Å²) in [6, 6.07) is 11.1. The average Bonchev–Trinajstić information content (AvgIpc) is 3.77. The number of aromatic carboxylic acids is 1. The van der Waals surface area contributed by atoms with Crippen LogP contribution in [0.2, 0.25) is 0 Å². The SMILES string of the molecule is COc1cc(C(=O)O)c(F)cc1NS(=O)(=O)c1csc(-c2ccc(-c3ccc(-c4ccc(C5(C(F)(F)F)CC5)cc4)cc3C(F)(F)F)cc2C(F)(F)F)n1. The number of anilines is 1. The lowest BCUT2D eigenvalue weighted by atomic mass is 9.90. The molecule has 0 spiro atoms. The predicted octanol–water partition coefficient (Wildman–Crippen LogP) is 10.4. The molecule has 0 saturated heterocycles. The van der Waals surface area contributed by atoms with Crippen molar-refractivity contribution < 1.29 is 67.0 Å². The van der Waals surface area contributed by atoms with E-state index in [0.29, 0.717) is 35.6 Å². The lowest BCUT2D eigenvalue weighted by molar-refractivity contribution is -0.160. The van der Waals surface area contributed by atoms with E-state index in [9.17, 15) is 57.1 Å². The number of thiazole rings is 1. The van der Waals surface area contributed by atoms with E-state index in [-0.39, 0.29) is 29.5 Å². The molecule has 0 amide bonds. The highest BCUT2D eigenvalue weighted by Crippen LogP contribution is 2.59. The minimum atomic E-state index is -5.18. The van der Waals surface area contributed by atoms with Crippen LogP contribution in [0, 0.1) is 5.82 Å². The Hall–Kier alpha value is -5.17. The Bertz CT molecular complexity index is 2380. The number of rotatable bonds is 9. The van der Waals surface area contributed by atoms with Crippen molar-refractivity contribution in [1.82, 2.24) is 4.98 Å². The number of carboxylic acids is 1. The van der Waals surface area contributed by atoms with Crippen molar-refractivity contribution >= 4 is 33.0 Å². The van der Waals surface area contributed by atoms with Crippen LogP contribution >= 0.6 is 11.3 Å². The quantitative estimate of drug-likeness (QED) is 0.144. The zero-order valence-corrected chi connectivity index (χ0v) is 28.7. The molecule has 6 rings (SSSR count). The molecule has 1 heterocycles. The van der Waals surface area contributed by atoms with Crippen LogP contribution in [0.5, 0.6) is 5.75 Å². The zero-order chi connectivity index (χ0) is 39.6. The summed E-state index contributed by atoms with van der Waals surface area (Å²) >= 11 is 0.450. The van der Waals surface area contributed by atoms with E-state index in [0.717, 1.165) is 30.7 Å². The molecule has 0 unspecified atom stereocenters. The molecule has 1 aliphatic carbocycles. The van der Waals surface area contributed by atoms with Crippen LogP contribution in [0.1, 0.15) is 39.9 Å². The predicted molar refractivity (Wildman–Crippen MR) is 176 cm³/mol. The van der Waals surface area contributed by atoms with Crippen molar-refractivity contribution in [2.24, 2.45) is 0 Å². The standard InChI is InChI=1S/C35H22F10N2O5S2/c1-52-28-14-23(31(48)49)26(36)15-27(28)47-54(50,51)29-16-53-30(46-29)22-9-5-19(13-25(22)34(40,41)42)21-8-4-18(12-24(21)33(37,38)39)17-2-6-20(7-3-17)32(10-11-32)35(43,44)45/h2-9,12-16,47H,10-11H2,1H3,(H,48,49). The van der Waals surface area contributed by atoms with Gasteiger partial charge in [-0.25, -0.2) is 14.2 Å². The van der Waals surface area contributed by atoms with Crippen molar-refractivity contribution in [3.63, 3.8) is 0 Å². The van der Waals surface area contributed by atoms with Gasteiger partial charge < -0.3 is 9.84 Å². The molecule has 0 aliphatic heterocycles. The van der Waals surface area contributed by atoms with Crippen LogP contribution in [0.3, 0.4) is 0 Å². The Kier molecular flexibility index (Phi) is 9.49. The molecule has 2 N–H and O–H groups in total. The molecule has 54 heavy (non-hydrogen) atoms. The molecule has 1 aliphatic rings. The van der Waals surface area contributed by atoms with E-state index < -0.39 is 101 Å². The number of halogens is 10. The molecule has 7 nitrogen and oxygen atoms in total. The Balaban J connectivity index is 1.34. The Morgan fingerprint density at radius 3 is 1.93 bits per heavy atom. The lowest BCUT2D eigenvalue weighted by Crippen LogP contribution is -2.28. The molecule has 1 saturated carbocycles. The smallest absolute Gasteiger partial charge is 0.417 e. The average molecular weight is 805 g/mol. The monoisotopic (exact) mass is 804 g/mol. The van der Waals surface area contributed by atoms with Crippen LogP contribution in [0.15, 0.2) is 83.2 Å². The molecule has 0 bridgehead atoms. The number of sulfonamides is 1. The van der Waals surface area contributed by atoms with Gasteiger partial charge in [0.15, 0.2) is 5.03 Å². The maximum Gasteiger partial charge on any atom is 0.417 e. The molecule has 0 radical (unpaired) electrons. The van der Waals surface area contributed by atoms with Gasteiger partial charge in [0.05, 0.1) is 34.9 Å². The van der Waals surface area contributed by atoms with Crippen LogP contribution in [0.4, 0.5) is 49.6 Å². The largest absolute Gasteiger partial charge is 0.495 e. The fourth-order valence-electron chi connectivity index (χ4n) is 5.85. The number of aromatic nitrogens is 1. The van der Waals surface area contributed by atoms with Gasteiger partial charge in [-0.3, -0.25) is 4.72 Å². The van der Waals surface area contributed by atoms with Gasteiger partial charge >= 0.3 is 24.5 Å². The molecular weight excluding hydrogens is 783 g/mol. The molecule has 19 heteroatoms. The number of methoxy groups -OCH3 is 1. The highest BCUT2D eigenvalue weighted by atomic mass is 32.2. The summed E-state index contributed by atoms with van der Waals surface area (Å²) in [4.78, 5) is 15.0. The third-order valence-electron chi connectivity index (χ3n) is 8.78. The van der Waals surface area contributed by atoms with Gasteiger partial charge in [0, 0.05) is 17.0 Å². The maximum atomic E-state index is 14.4. The number of hydrogen-bond donors (Lipinski definition) is 2. The summed E-state index contributed by atoms with van der Waals surface area (Å²) in [7, 11) is -3.71. The summed E-state index contributed by atoms with van der Waals surface area (Å²) in [5.41, 5.74) is -7.94. The first-order valence-electron chi connectivity index (χ1n) is 15.3. The summed E-state index contributed by atoms with van der Waals surface area (Å²) < 4.78 is 175. The number of hydrogen-bond acceptors (Lipinski definition) is 6. The second-order valence-electron chi connectivity index (χ2n) is 12.1. The first kappa shape index (κ1) is 38.6. The van der Waals surface area contributed by atoms with Crippen LogP contribution in [0.25, 0.3) is 32.8 Å². The number of carboxylic acid groups (broad SMARTS) is 1. The molecule has 4 aromatic carbocycles. The number of nitrogens with one attached hydrogen (secondary N) is 1. The number of carbonyl (C=O) groups is 1. The third kappa shape index (κ3) is 7.21. The second kappa shape index (κ2) is 13.3. The summed E-state index contributed by atoms with van der Waals surface area (Å²) in [5.74, 6) is -3.41. The normalized spacial score (nSPS) is 14.5. The lowest BCUT2D eigenvalue weighted by Gasteiger charge is -2.20. The third-order valence-corrected chi connectivity index (χ3v) is 11.1. The van der Waals surface area contributed by atoms with Crippen molar-refractivity contribution in [2.45, 2.75) is 41.8 Å². The number of alkyl halides is 9. The van der Waals surface area contributed by atoms with E-state index in [1.807, 2.05) is 4.72 Å². The van der Waals surface area contributed by atoms with Gasteiger partial charge in [-0.1, -0.05) is 48.5 Å². The zero-order valence-electron chi connectivity index (χ0n) is 27.0. The number of nitrogens with zero attached hydrogens (tertiary/aromatic N) is 1. The van der Waals surface area contributed by atoms with Crippen molar-refractivity contribution in [3.05, 3.63) is 106 Å². The molecule has 1 aromatic heterocycles.